The van der Waals surface area contributed by atoms with E-state index in [1.165, 1.54) is 12.2 Å². The highest BCUT2D eigenvalue weighted by atomic mass is 32.2. The predicted molar refractivity (Wildman–Crippen MR) is 327 cm³/mol. The molecule has 10 atom stereocenters. The SMILES string of the molecule is C=CCNC(=O)C(=O)[C@@H]1CCCCCCCCC[C@H](N)C(=O)N2C[C@H]3[C@@H]([C@H]2C(=O)N1)C3(C)C.C=CCNC(=O)C(=O)[C@@H]1CCCCCCCCC[C@H](NC(=O)NC2(CS(=O)(=O)C(C)(C)C)CCCCC2)C(=O)N2C[C@H]3[C@@H]([C@H]2C(=O)N1)C3(C)C.O=CO. The maximum Gasteiger partial charge on any atom is 0.315 e. The number of fused-ring (bicyclic) bond motifs is 6. The Morgan fingerprint density at radius 3 is 1.41 bits per heavy atom. The number of carboxylic acid groups (broad SMARTS) is 1. The second kappa shape index (κ2) is 31.5. The summed E-state index contributed by atoms with van der Waals surface area (Å²) >= 11 is 0. The second-order valence-corrected chi connectivity index (χ2v) is 30.0. The molecule has 0 aromatic heterocycles. The number of ketones is 2. The van der Waals surface area contributed by atoms with E-state index in [-0.39, 0.29) is 77.5 Å². The Kier molecular flexibility index (Phi) is 26.0. The minimum atomic E-state index is -3.55. The highest BCUT2D eigenvalue weighted by Gasteiger charge is 2.71. The zero-order chi connectivity index (χ0) is 63.8. The van der Waals surface area contributed by atoms with Crippen LogP contribution in [0.3, 0.4) is 0 Å². The number of hydrogen-bond acceptors (Lipinski definition) is 13. The lowest BCUT2D eigenvalue weighted by molar-refractivity contribution is -0.144. The Morgan fingerprint density at radius 1 is 0.628 bits per heavy atom. The maximum atomic E-state index is 14.4. The zero-order valence-electron chi connectivity index (χ0n) is 52.4. The van der Waals surface area contributed by atoms with Crippen LogP contribution in [-0.4, -0.2) is 161 Å². The van der Waals surface area contributed by atoms with Gasteiger partial charge in [0.15, 0.2) is 9.84 Å². The van der Waals surface area contributed by atoms with E-state index in [0.717, 1.165) is 96.3 Å². The van der Waals surface area contributed by atoms with Crippen LogP contribution in [-0.2, 0) is 53.0 Å². The molecule has 484 valence electrons. The average Bonchev–Trinajstić information content (AvgIpc) is 1.56. The summed E-state index contributed by atoms with van der Waals surface area (Å²) in [6.45, 7) is 21.4. The third-order valence-corrected chi connectivity index (χ3v) is 22.3. The molecule has 23 heteroatoms. The van der Waals surface area contributed by atoms with Gasteiger partial charge in [-0.15, -0.1) is 13.2 Å². The van der Waals surface area contributed by atoms with Gasteiger partial charge in [-0.25, -0.2) is 13.2 Å². The molecule has 9 N–H and O–H groups in total. The van der Waals surface area contributed by atoms with Gasteiger partial charge in [0.2, 0.25) is 35.2 Å². The molecule has 22 nitrogen and oxygen atoms in total. The van der Waals surface area contributed by atoms with Crippen molar-refractivity contribution in [2.45, 2.75) is 243 Å². The minimum absolute atomic E-state index is 0.0371. The van der Waals surface area contributed by atoms with Crippen LogP contribution in [0.1, 0.15) is 196 Å². The number of amides is 8. The molecule has 4 heterocycles. The number of nitrogens with two attached hydrogens (primary N) is 1. The fraction of sp³-hybridized carbons (Fsp3) is 0.778. The lowest BCUT2D eigenvalue weighted by atomic mass is 9.83. The summed E-state index contributed by atoms with van der Waals surface area (Å²) in [4.78, 5) is 132. The molecule has 0 aromatic carbocycles. The van der Waals surface area contributed by atoms with E-state index in [2.05, 4.69) is 72.8 Å². The second-order valence-electron chi connectivity index (χ2n) is 27.3. The van der Waals surface area contributed by atoms with Crippen LogP contribution in [0.25, 0.3) is 0 Å². The molecule has 4 saturated heterocycles. The van der Waals surface area contributed by atoms with E-state index in [0.29, 0.717) is 64.5 Å². The fourth-order valence-corrected chi connectivity index (χ4v) is 15.5. The number of carbonyl (C=O) groups excluding carboxylic acids is 9. The predicted octanol–water partition coefficient (Wildman–Crippen LogP) is 5.31. The summed E-state index contributed by atoms with van der Waals surface area (Å²) in [5.41, 5.74) is 5.08. The Morgan fingerprint density at radius 2 is 1.00 bits per heavy atom. The van der Waals surface area contributed by atoms with Crippen LogP contribution in [0.4, 0.5) is 4.79 Å². The third-order valence-electron chi connectivity index (χ3n) is 19.6. The molecule has 0 spiro atoms. The van der Waals surface area contributed by atoms with Crippen molar-refractivity contribution in [1.29, 1.82) is 0 Å². The van der Waals surface area contributed by atoms with E-state index in [9.17, 15) is 51.6 Å². The number of rotatable bonds is 12. The van der Waals surface area contributed by atoms with Gasteiger partial charge in [0, 0.05) is 26.2 Å². The number of hydrogen-bond donors (Lipinski definition) is 8. The number of nitrogens with zero attached hydrogens (tertiary/aromatic N) is 2. The van der Waals surface area contributed by atoms with Gasteiger partial charge in [0.25, 0.3) is 18.3 Å². The normalized spacial score (nSPS) is 29.6. The van der Waals surface area contributed by atoms with Crippen molar-refractivity contribution in [3.05, 3.63) is 25.3 Å². The van der Waals surface area contributed by atoms with E-state index < -0.39 is 91.7 Å². The zero-order valence-corrected chi connectivity index (χ0v) is 53.3. The number of Topliss-reactive ketones (excluding diaryl/α,β-unsaturated/α-hetero) is 2. The minimum Gasteiger partial charge on any atom is -0.483 e. The number of carbonyl (C=O) groups is 10. The summed E-state index contributed by atoms with van der Waals surface area (Å²) in [6, 6.07) is -5.53. The first-order valence-corrected chi connectivity index (χ1v) is 33.4. The molecular formula is C63H103N9O13S. The summed E-state index contributed by atoms with van der Waals surface area (Å²) in [5.74, 6) is -4.16. The highest BCUT2D eigenvalue weighted by molar-refractivity contribution is 7.92. The van der Waals surface area contributed by atoms with Crippen molar-refractivity contribution in [3.8, 4) is 0 Å². The maximum absolute atomic E-state index is 14.4. The van der Waals surface area contributed by atoms with Crippen molar-refractivity contribution in [2.75, 3.05) is 31.9 Å². The average molecular weight is 1230 g/mol. The highest BCUT2D eigenvalue weighted by Crippen LogP contribution is 2.66. The van der Waals surface area contributed by atoms with Crippen LogP contribution in [0, 0.1) is 34.5 Å². The van der Waals surface area contributed by atoms with Crippen LogP contribution in [0.5, 0.6) is 0 Å². The third kappa shape index (κ3) is 18.2. The largest absolute Gasteiger partial charge is 0.483 e. The summed E-state index contributed by atoms with van der Waals surface area (Å²) in [5, 5.41) is 23.6. The van der Waals surface area contributed by atoms with Crippen molar-refractivity contribution in [2.24, 2.45) is 40.2 Å². The van der Waals surface area contributed by atoms with Crippen LogP contribution >= 0.6 is 0 Å². The molecule has 3 saturated carbocycles. The molecule has 7 aliphatic rings. The van der Waals surface area contributed by atoms with Crippen LogP contribution in [0.15, 0.2) is 25.3 Å². The molecule has 0 unspecified atom stereocenters. The van der Waals surface area contributed by atoms with Crippen LogP contribution in [0.2, 0.25) is 0 Å². The van der Waals surface area contributed by atoms with Gasteiger partial charge in [-0.3, -0.25) is 43.2 Å². The molecule has 0 radical (unpaired) electrons. The smallest absolute Gasteiger partial charge is 0.315 e. The fourth-order valence-electron chi connectivity index (χ4n) is 14.0. The van der Waals surface area contributed by atoms with E-state index in [1.807, 2.05) is 0 Å². The summed E-state index contributed by atoms with van der Waals surface area (Å²) in [6.07, 6.45) is 21.2. The van der Waals surface area contributed by atoms with E-state index >= 15 is 0 Å². The molecular weight excluding hydrogens is 1120 g/mol. The quantitative estimate of drug-likeness (QED) is 0.0698. The lowest BCUT2D eigenvalue weighted by Crippen LogP contribution is -2.62. The Bertz CT molecular complexity index is 2560. The number of piperidine rings is 2. The molecule has 7 rings (SSSR count). The van der Waals surface area contributed by atoms with Crippen molar-refractivity contribution >= 4 is 69.4 Å². The molecule has 8 amide bonds. The molecule has 0 bridgehead atoms. The van der Waals surface area contributed by atoms with Crippen molar-refractivity contribution in [1.82, 2.24) is 41.7 Å². The molecule has 3 aliphatic carbocycles. The number of sulfone groups is 1. The summed E-state index contributed by atoms with van der Waals surface area (Å²) in [7, 11) is -3.55. The lowest BCUT2D eigenvalue weighted by Gasteiger charge is -2.40. The van der Waals surface area contributed by atoms with E-state index in [4.69, 9.17) is 15.6 Å². The van der Waals surface area contributed by atoms with Gasteiger partial charge in [0.05, 0.1) is 34.2 Å². The van der Waals surface area contributed by atoms with Crippen molar-refractivity contribution in [3.63, 3.8) is 0 Å². The first-order valence-electron chi connectivity index (χ1n) is 31.8. The first-order chi connectivity index (χ1) is 40.5. The number of nitrogens with one attached hydrogen (secondary N) is 6. The molecule has 7 fully saturated rings. The standard InChI is InChI=1S/C37H61N5O7S.C25H40N4O4.CH2O2/c1-7-22-38-32(45)30(43)26-18-14-11-9-8-10-12-15-19-27(33(46)42-23-25-28(36(25,5)6)29(42)31(44)39-26)40-34(47)41-37(20-16-13-17-21-37)24-50(48,49)35(2,3)4;1-4-14-27-23(32)21(30)18-13-11-9-7-5-6-8-10-12-17(26)24(33)29-15-16-19(25(16,2)3)20(29)22(31)28-18;2-1-3/h7,25-29H,1,8-24H2,2-6H3,(H,38,45)(H,39,44)(H2,40,41,47);4,16-20H,1,5-15,26H2,2-3H3,(H,27,32)(H,28,31);1H,(H,2,3)/t25-,26-,27-,28-,29-;16-,17-,18-,19-,20-;/m00./s1. The molecule has 0 aromatic rings. The van der Waals surface area contributed by atoms with Gasteiger partial charge >= 0.3 is 6.03 Å². The summed E-state index contributed by atoms with van der Waals surface area (Å²) < 4.78 is 25.7. The van der Waals surface area contributed by atoms with Crippen LogP contribution < -0.4 is 37.6 Å². The van der Waals surface area contributed by atoms with Gasteiger partial charge < -0.3 is 52.5 Å². The topological polar surface area (TPSA) is 330 Å². The van der Waals surface area contributed by atoms with Gasteiger partial charge in [0.1, 0.15) is 18.1 Å². The monoisotopic (exact) mass is 1230 g/mol. The molecule has 86 heavy (non-hydrogen) atoms. The van der Waals surface area contributed by atoms with Gasteiger partial charge in [-0.2, -0.15) is 0 Å². The Balaban J connectivity index is 0.000000324. The molecule has 4 aliphatic heterocycles. The van der Waals surface area contributed by atoms with Gasteiger partial charge in [-0.1, -0.05) is 149 Å². The van der Waals surface area contributed by atoms with Gasteiger partial charge in [-0.05, 0) is 93.8 Å². The number of urea groups is 1. The first kappa shape index (κ1) is 71.0. The van der Waals surface area contributed by atoms with Crippen molar-refractivity contribution < 1.29 is 61.5 Å². The Hall–Kier alpha value is -5.71. The van der Waals surface area contributed by atoms with E-state index in [1.54, 1.807) is 30.6 Å². The Labute approximate surface area is 510 Å².